The van der Waals surface area contributed by atoms with Gasteiger partial charge in [0.15, 0.2) is 0 Å². The molecule has 98 valence electrons. The van der Waals surface area contributed by atoms with Gasteiger partial charge in [0, 0.05) is 31.0 Å². The molecule has 0 unspecified atom stereocenters. The van der Waals surface area contributed by atoms with Crippen molar-refractivity contribution in [1.29, 1.82) is 0 Å². The summed E-state index contributed by atoms with van der Waals surface area (Å²) in [6.45, 7) is 15.6. The van der Waals surface area contributed by atoms with Crippen LogP contribution in [-0.2, 0) is 13.1 Å². The van der Waals surface area contributed by atoms with Crippen molar-refractivity contribution in [3.8, 4) is 0 Å². The Balaban J connectivity index is 2.49. The molecule has 1 aromatic rings. The summed E-state index contributed by atoms with van der Waals surface area (Å²) in [5, 5.41) is 3.66. The Kier molecular flexibility index (Phi) is 4.42. The summed E-state index contributed by atoms with van der Waals surface area (Å²) in [6.07, 6.45) is 5.54. The lowest BCUT2D eigenvalue weighted by atomic mass is 9.82. The maximum absolute atomic E-state index is 3.66. The second-order valence-electron chi connectivity index (χ2n) is 6.83. The third-order valence-corrected chi connectivity index (χ3v) is 2.92. The third kappa shape index (κ3) is 5.40. The Morgan fingerprint density at radius 1 is 1.18 bits per heavy atom. The molecule has 1 aromatic heterocycles. The van der Waals surface area contributed by atoms with Crippen LogP contribution in [0.15, 0.2) is 18.5 Å². The summed E-state index contributed by atoms with van der Waals surface area (Å²) >= 11 is 0. The molecular weight excluding hydrogens is 208 g/mol. The fourth-order valence-electron chi connectivity index (χ4n) is 2.52. The zero-order chi connectivity index (χ0) is 13.1. The highest BCUT2D eigenvalue weighted by Gasteiger charge is 2.24. The first-order valence-electron chi connectivity index (χ1n) is 6.61. The highest BCUT2D eigenvalue weighted by atomic mass is 15.0. The largest absolute Gasteiger partial charge is 0.354 e. The van der Waals surface area contributed by atoms with E-state index in [4.69, 9.17) is 0 Å². The topological polar surface area (TPSA) is 17.0 Å². The number of aromatic nitrogens is 1. The molecule has 0 saturated heterocycles. The average molecular weight is 236 g/mol. The molecule has 0 radical (unpaired) electrons. The van der Waals surface area contributed by atoms with Crippen molar-refractivity contribution in [1.82, 2.24) is 9.88 Å². The van der Waals surface area contributed by atoms with E-state index in [1.54, 1.807) is 0 Å². The van der Waals surface area contributed by atoms with Crippen LogP contribution in [0.1, 0.15) is 53.5 Å². The SMILES string of the molecule is CCn1ccc(CNC(C)(C)CC(C)(C)C)c1. The molecule has 2 nitrogen and oxygen atoms in total. The molecule has 0 saturated carbocycles. The summed E-state index contributed by atoms with van der Waals surface area (Å²) in [5.41, 5.74) is 1.92. The first-order valence-corrected chi connectivity index (χ1v) is 6.61. The van der Waals surface area contributed by atoms with E-state index in [1.807, 2.05) is 0 Å². The highest BCUT2D eigenvalue weighted by Crippen LogP contribution is 2.26. The van der Waals surface area contributed by atoms with E-state index in [0.717, 1.165) is 13.1 Å². The second-order valence-corrected chi connectivity index (χ2v) is 6.83. The molecule has 0 atom stereocenters. The van der Waals surface area contributed by atoms with Gasteiger partial charge in [-0.05, 0) is 44.2 Å². The van der Waals surface area contributed by atoms with Crippen LogP contribution < -0.4 is 5.32 Å². The van der Waals surface area contributed by atoms with E-state index in [2.05, 4.69) is 69.9 Å². The number of nitrogens with one attached hydrogen (secondary N) is 1. The summed E-state index contributed by atoms with van der Waals surface area (Å²) in [6, 6.07) is 2.20. The lowest BCUT2D eigenvalue weighted by Gasteiger charge is -2.33. The molecule has 0 amide bonds. The Labute approximate surface area is 106 Å². The van der Waals surface area contributed by atoms with Crippen LogP contribution in [-0.4, -0.2) is 10.1 Å². The van der Waals surface area contributed by atoms with Crippen molar-refractivity contribution in [2.75, 3.05) is 0 Å². The quantitative estimate of drug-likeness (QED) is 0.822. The lowest BCUT2D eigenvalue weighted by molar-refractivity contribution is 0.240. The van der Waals surface area contributed by atoms with Gasteiger partial charge in [-0.15, -0.1) is 0 Å². The third-order valence-electron chi connectivity index (χ3n) is 2.92. The summed E-state index contributed by atoms with van der Waals surface area (Å²) in [5.74, 6) is 0. The van der Waals surface area contributed by atoms with Crippen molar-refractivity contribution >= 4 is 0 Å². The Morgan fingerprint density at radius 3 is 2.29 bits per heavy atom. The zero-order valence-electron chi connectivity index (χ0n) is 12.3. The van der Waals surface area contributed by atoms with Crippen molar-refractivity contribution in [3.05, 3.63) is 24.0 Å². The molecule has 0 spiro atoms. The lowest BCUT2D eigenvalue weighted by Crippen LogP contribution is -2.41. The Hall–Kier alpha value is -0.760. The van der Waals surface area contributed by atoms with Crippen LogP contribution in [0.2, 0.25) is 0 Å². The zero-order valence-corrected chi connectivity index (χ0v) is 12.3. The van der Waals surface area contributed by atoms with Crippen LogP contribution in [0.3, 0.4) is 0 Å². The molecule has 0 aliphatic heterocycles. The molecule has 0 aliphatic carbocycles. The van der Waals surface area contributed by atoms with Gasteiger partial charge >= 0.3 is 0 Å². The van der Waals surface area contributed by atoms with Gasteiger partial charge in [-0.2, -0.15) is 0 Å². The van der Waals surface area contributed by atoms with Crippen LogP contribution in [0.4, 0.5) is 0 Å². The number of aryl methyl sites for hydroxylation is 1. The van der Waals surface area contributed by atoms with Crippen molar-refractivity contribution in [2.45, 2.75) is 66.6 Å². The molecule has 0 bridgehead atoms. The molecule has 2 heteroatoms. The van der Waals surface area contributed by atoms with Crippen molar-refractivity contribution in [2.24, 2.45) is 5.41 Å². The van der Waals surface area contributed by atoms with Gasteiger partial charge in [-0.25, -0.2) is 0 Å². The first kappa shape index (κ1) is 14.3. The van der Waals surface area contributed by atoms with E-state index < -0.39 is 0 Å². The van der Waals surface area contributed by atoms with Crippen LogP contribution >= 0.6 is 0 Å². The molecule has 17 heavy (non-hydrogen) atoms. The van der Waals surface area contributed by atoms with Gasteiger partial charge in [0.2, 0.25) is 0 Å². The standard InChI is InChI=1S/C15H28N2/c1-7-17-9-8-13(11-17)10-16-15(5,6)12-14(2,3)4/h8-9,11,16H,7,10,12H2,1-6H3. The summed E-state index contributed by atoms with van der Waals surface area (Å²) in [4.78, 5) is 0. The number of hydrogen-bond donors (Lipinski definition) is 1. The minimum absolute atomic E-state index is 0.187. The van der Waals surface area contributed by atoms with Crippen LogP contribution in [0.5, 0.6) is 0 Å². The number of hydrogen-bond acceptors (Lipinski definition) is 1. The molecule has 0 aliphatic rings. The maximum atomic E-state index is 3.66. The van der Waals surface area contributed by atoms with Gasteiger partial charge in [0.25, 0.3) is 0 Å². The predicted molar refractivity (Wildman–Crippen MR) is 75.1 cm³/mol. The maximum Gasteiger partial charge on any atom is 0.0225 e. The Morgan fingerprint density at radius 2 is 1.82 bits per heavy atom. The predicted octanol–water partition coefficient (Wildman–Crippen LogP) is 3.81. The van der Waals surface area contributed by atoms with Gasteiger partial charge < -0.3 is 9.88 Å². The van der Waals surface area contributed by atoms with Gasteiger partial charge in [-0.3, -0.25) is 0 Å². The smallest absolute Gasteiger partial charge is 0.0225 e. The van der Waals surface area contributed by atoms with E-state index in [9.17, 15) is 0 Å². The summed E-state index contributed by atoms with van der Waals surface area (Å²) < 4.78 is 2.22. The average Bonchev–Trinajstić information content (AvgIpc) is 2.58. The normalized spacial score (nSPS) is 13.1. The van der Waals surface area contributed by atoms with Gasteiger partial charge in [-0.1, -0.05) is 20.8 Å². The fourth-order valence-corrected chi connectivity index (χ4v) is 2.52. The number of nitrogens with zero attached hydrogens (tertiary/aromatic N) is 1. The molecular formula is C15H28N2. The second kappa shape index (κ2) is 5.26. The van der Waals surface area contributed by atoms with Crippen LogP contribution in [0, 0.1) is 5.41 Å². The van der Waals surface area contributed by atoms with E-state index in [0.29, 0.717) is 5.41 Å². The van der Waals surface area contributed by atoms with E-state index in [-0.39, 0.29) is 5.54 Å². The number of rotatable bonds is 5. The van der Waals surface area contributed by atoms with E-state index >= 15 is 0 Å². The van der Waals surface area contributed by atoms with Crippen molar-refractivity contribution < 1.29 is 0 Å². The van der Waals surface area contributed by atoms with Gasteiger partial charge in [0.05, 0.1) is 0 Å². The van der Waals surface area contributed by atoms with E-state index in [1.165, 1.54) is 12.0 Å². The molecule has 1 rings (SSSR count). The van der Waals surface area contributed by atoms with Gasteiger partial charge in [0.1, 0.15) is 0 Å². The first-order chi connectivity index (χ1) is 7.72. The van der Waals surface area contributed by atoms with Crippen molar-refractivity contribution in [3.63, 3.8) is 0 Å². The Bertz CT molecular complexity index is 342. The molecule has 0 aromatic carbocycles. The fraction of sp³-hybridized carbons (Fsp3) is 0.733. The monoisotopic (exact) mass is 236 g/mol. The molecule has 1 N–H and O–H groups in total. The minimum atomic E-state index is 0.187. The summed E-state index contributed by atoms with van der Waals surface area (Å²) in [7, 11) is 0. The minimum Gasteiger partial charge on any atom is -0.354 e. The molecule has 1 heterocycles. The van der Waals surface area contributed by atoms with Crippen LogP contribution in [0.25, 0.3) is 0 Å². The molecule has 0 fully saturated rings. The highest BCUT2D eigenvalue weighted by molar-refractivity contribution is 5.10.